The highest BCUT2D eigenvalue weighted by Gasteiger charge is 2.16. The number of nitrogens with zero attached hydrogens (tertiary/aromatic N) is 2. The van der Waals surface area contributed by atoms with Gasteiger partial charge in [0.2, 0.25) is 5.88 Å². The van der Waals surface area contributed by atoms with Gasteiger partial charge >= 0.3 is 12.1 Å². The van der Waals surface area contributed by atoms with Gasteiger partial charge in [0.25, 0.3) is 0 Å². The van der Waals surface area contributed by atoms with Gasteiger partial charge in [0.1, 0.15) is 17.8 Å². The third-order valence-electron chi connectivity index (χ3n) is 3.95. The third kappa shape index (κ3) is 5.07. The molecule has 0 saturated carbocycles. The first-order valence-electron chi connectivity index (χ1n) is 8.68. The summed E-state index contributed by atoms with van der Waals surface area (Å²) in [7, 11) is 2.73. The first-order valence-corrected chi connectivity index (χ1v) is 8.68. The molecule has 0 atom stereocenters. The molecule has 8 heteroatoms. The van der Waals surface area contributed by atoms with Gasteiger partial charge in [-0.25, -0.2) is 14.6 Å². The number of pyridine rings is 2. The molecule has 1 N–H and O–H groups in total. The summed E-state index contributed by atoms with van der Waals surface area (Å²) >= 11 is 0. The number of carbonyl (C=O) groups is 2. The maximum absolute atomic E-state index is 12.2. The largest absolute Gasteiger partial charge is 0.481 e. The number of ether oxygens (including phenoxy) is 3. The molecule has 0 aliphatic rings. The van der Waals surface area contributed by atoms with Crippen LogP contribution in [0.25, 0.3) is 17.1 Å². The van der Waals surface area contributed by atoms with E-state index in [-0.39, 0.29) is 12.3 Å². The van der Waals surface area contributed by atoms with Crippen molar-refractivity contribution in [3.8, 4) is 5.88 Å². The fourth-order valence-corrected chi connectivity index (χ4v) is 2.54. The molecular weight excluding hydrogens is 374 g/mol. The van der Waals surface area contributed by atoms with Crippen LogP contribution in [0.3, 0.4) is 0 Å². The Morgan fingerprint density at radius 2 is 1.86 bits per heavy atom. The molecule has 8 nitrogen and oxygen atoms in total. The molecule has 2 aromatic heterocycles. The molecule has 2 heterocycles. The van der Waals surface area contributed by atoms with E-state index in [4.69, 9.17) is 14.2 Å². The van der Waals surface area contributed by atoms with E-state index in [0.717, 1.165) is 5.56 Å². The van der Waals surface area contributed by atoms with Crippen molar-refractivity contribution >= 4 is 29.2 Å². The molecule has 3 rings (SSSR count). The lowest BCUT2D eigenvalue weighted by Gasteiger charge is -2.10. The first kappa shape index (κ1) is 19.8. The fourth-order valence-electron chi connectivity index (χ4n) is 2.54. The minimum Gasteiger partial charge on any atom is -0.481 e. The zero-order chi connectivity index (χ0) is 20.6. The van der Waals surface area contributed by atoms with E-state index in [2.05, 4.69) is 15.3 Å². The Morgan fingerprint density at radius 3 is 2.59 bits per heavy atom. The molecule has 0 radical (unpaired) electrons. The highest BCUT2D eigenvalue weighted by Crippen LogP contribution is 2.20. The molecule has 0 aliphatic carbocycles. The van der Waals surface area contributed by atoms with Gasteiger partial charge < -0.3 is 14.2 Å². The van der Waals surface area contributed by atoms with Crippen molar-refractivity contribution in [3.63, 3.8) is 0 Å². The SMILES string of the molecule is COC(=O)/C(=C\c1ccnc2ccc(OC)nc12)NC(=O)OCc1ccccc1. The molecule has 1 amide bonds. The number of carbonyl (C=O) groups excluding carboxylic acids is 2. The topological polar surface area (TPSA) is 99.6 Å². The van der Waals surface area contributed by atoms with E-state index in [9.17, 15) is 9.59 Å². The van der Waals surface area contributed by atoms with Crippen LogP contribution >= 0.6 is 0 Å². The number of alkyl carbamates (subject to hydrolysis) is 1. The van der Waals surface area contributed by atoms with Crippen molar-refractivity contribution in [2.45, 2.75) is 6.61 Å². The minimum absolute atomic E-state index is 0.0675. The Labute approximate surface area is 167 Å². The van der Waals surface area contributed by atoms with Crippen LogP contribution in [0, 0.1) is 0 Å². The van der Waals surface area contributed by atoms with Gasteiger partial charge in [-0.05, 0) is 23.8 Å². The second-order valence-corrected chi connectivity index (χ2v) is 5.86. The zero-order valence-electron chi connectivity index (χ0n) is 15.9. The Balaban J connectivity index is 1.85. The normalized spacial score (nSPS) is 11.0. The quantitative estimate of drug-likeness (QED) is 0.507. The van der Waals surface area contributed by atoms with Crippen LogP contribution in [-0.2, 0) is 20.9 Å². The monoisotopic (exact) mass is 393 g/mol. The van der Waals surface area contributed by atoms with Crippen LogP contribution in [0.5, 0.6) is 5.88 Å². The standard InChI is InChI=1S/C21H19N3O5/c1-27-18-9-8-16-19(24-18)15(10-11-22-16)12-17(20(25)28-2)23-21(26)29-13-14-6-4-3-5-7-14/h3-12H,13H2,1-2H3,(H,23,26)/b17-12+. The summed E-state index contributed by atoms with van der Waals surface area (Å²) in [6.45, 7) is 0.0675. The van der Waals surface area contributed by atoms with Crippen LogP contribution in [-0.4, -0.2) is 36.3 Å². The molecule has 148 valence electrons. The number of hydrogen-bond acceptors (Lipinski definition) is 7. The van der Waals surface area contributed by atoms with Crippen molar-refractivity contribution in [2.75, 3.05) is 14.2 Å². The summed E-state index contributed by atoms with van der Waals surface area (Å²) in [5.41, 5.74) is 2.39. The maximum Gasteiger partial charge on any atom is 0.412 e. The molecule has 0 fully saturated rings. The number of aromatic nitrogens is 2. The van der Waals surface area contributed by atoms with E-state index in [0.29, 0.717) is 22.5 Å². The second kappa shape index (κ2) is 9.32. The van der Waals surface area contributed by atoms with Gasteiger partial charge in [-0.1, -0.05) is 30.3 Å². The van der Waals surface area contributed by atoms with E-state index >= 15 is 0 Å². The lowest BCUT2D eigenvalue weighted by molar-refractivity contribution is -0.136. The van der Waals surface area contributed by atoms with E-state index < -0.39 is 12.1 Å². The Morgan fingerprint density at radius 1 is 1.07 bits per heavy atom. The number of nitrogens with one attached hydrogen (secondary N) is 1. The average molecular weight is 393 g/mol. The van der Waals surface area contributed by atoms with Crippen LogP contribution in [0.4, 0.5) is 4.79 Å². The van der Waals surface area contributed by atoms with Crippen LogP contribution in [0.1, 0.15) is 11.1 Å². The maximum atomic E-state index is 12.2. The van der Waals surface area contributed by atoms with E-state index in [1.807, 2.05) is 30.3 Å². The molecule has 0 saturated heterocycles. The van der Waals surface area contributed by atoms with Crippen LogP contribution < -0.4 is 10.1 Å². The summed E-state index contributed by atoms with van der Waals surface area (Å²) in [6.07, 6.45) is 2.24. The molecule has 0 aliphatic heterocycles. The van der Waals surface area contributed by atoms with Gasteiger partial charge in [0.15, 0.2) is 0 Å². The van der Waals surface area contributed by atoms with Gasteiger partial charge in [-0.3, -0.25) is 10.3 Å². The second-order valence-electron chi connectivity index (χ2n) is 5.86. The number of fused-ring (bicyclic) bond motifs is 1. The molecule has 0 spiro atoms. The van der Waals surface area contributed by atoms with Crippen LogP contribution in [0.15, 0.2) is 60.4 Å². The first-order chi connectivity index (χ1) is 14.1. The van der Waals surface area contributed by atoms with Gasteiger partial charge in [0.05, 0.1) is 19.7 Å². The van der Waals surface area contributed by atoms with Gasteiger partial charge in [-0.15, -0.1) is 0 Å². The predicted octanol–water partition coefficient (Wildman–Crippen LogP) is 3.08. The summed E-state index contributed by atoms with van der Waals surface area (Å²) < 4.78 is 15.1. The Bertz CT molecular complexity index is 1050. The lowest BCUT2D eigenvalue weighted by atomic mass is 10.1. The lowest BCUT2D eigenvalue weighted by Crippen LogP contribution is -2.28. The molecule has 1 aromatic carbocycles. The van der Waals surface area contributed by atoms with Gasteiger partial charge in [0, 0.05) is 17.8 Å². The number of rotatable bonds is 6. The van der Waals surface area contributed by atoms with E-state index in [1.165, 1.54) is 20.3 Å². The number of amides is 1. The van der Waals surface area contributed by atoms with Crippen molar-refractivity contribution in [1.29, 1.82) is 0 Å². The van der Waals surface area contributed by atoms with E-state index in [1.54, 1.807) is 24.4 Å². The zero-order valence-corrected chi connectivity index (χ0v) is 15.9. The summed E-state index contributed by atoms with van der Waals surface area (Å²) in [6, 6.07) is 14.3. The minimum atomic E-state index is -0.783. The fraction of sp³-hybridized carbons (Fsp3) is 0.143. The molecule has 0 unspecified atom stereocenters. The molecule has 0 bridgehead atoms. The Kier molecular flexibility index (Phi) is 6.36. The summed E-state index contributed by atoms with van der Waals surface area (Å²) in [5, 5.41) is 2.43. The number of esters is 1. The van der Waals surface area contributed by atoms with Crippen molar-refractivity contribution in [2.24, 2.45) is 0 Å². The average Bonchev–Trinajstić information content (AvgIpc) is 2.77. The smallest absolute Gasteiger partial charge is 0.412 e. The number of hydrogen-bond donors (Lipinski definition) is 1. The molecular formula is C21H19N3O5. The molecule has 3 aromatic rings. The summed E-state index contributed by atoms with van der Waals surface area (Å²) in [5.74, 6) is -0.329. The predicted molar refractivity (Wildman–Crippen MR) is 106 cm³/mol. The van der Waals surface area contributed by atoms with Gasteiger partial charge in [-0.2, -0.15) is 0 Å². The summed E-state index contributed by atoms with van der Waals surface area (Å²) in [4.78, 5) is 32.9. The number of methoxy groups -OCH3 is 2. The van der Waals surface area contributed by atoms with Crippen molar-refractivity contribution in [1.82, 2.24) is 15.3 Å². The highest BCUT2D eigenvalue weighted by atomic mass is 16.6. The van der Waals surface area contributed by atoms with Crippen molar-refractivity contribution < 1.29 is 23.8 Å². The van der Waals surface area contributed by atoms with Crippen LogP contribution in [0.2, 0.25) is 0 Å². The Hall–Kier alpha value is -3.94. The number of benzene rings is 1. The van der Waals surface area contributed by atoms with Crippen molar-refractivity contribution in [3.05, 3.63) is 71.6 Å². The third-order valence-corrected chi connectivity index (χ3v) is 3.95. The molecule has 29 heavy (non-hydrogen) atoms. The highest BCUT2D eigenvalue weighted by molar-refractivity contribution is 5.99.